The van der Waals surface area contributed by atoms with Crippen LogP contribution in [0, 0.1) is 5.82 Å². The van der Waals surface area contributed by atoms with Crippen LogP contribution < -0.4 is 16.6 Å². The number of esters is 1. The molecular formula is C21H21BrF4N4O6. The molecule has 0 aliphatic carbocycles. The molecule has 0 radical (unpaired) electrons. The maximum Gasteiger partial charge on any atom is 0.431 e. The van der Waals surface area contributed by atoms with Crippen molar-refractivity contribution in [2.45, 2.75) is 25.1 Å². The first-order chi connectivity index (χ1) is 16.8. The fourth-order valence-corrected chi connectivity index (χ4v) is 4.00. The van der Waals surface area contributed by atoms with Gasteiger partial charge >= 0.3 is 23.9 Å². The summed E-state index contributed by atoms with van der Waals surface area (Å²) in [6.45, 7) is 0.353. The second kappa shape index (κ2) is 10.8. The van der Waals surface area contributed by atoms with Crippen molar-refractivity contribution in [1.29, 1.82) is 0 Å². The molecule has 1 aliphatic heterocycles. The number of anilines is 1. The molecule has 36 heavy (non-hydrogen) atoms. The van der Waals surface area contributed by atoms with Crippen molar-refractivity contribution in [2.24, 2.45) is 7.05 Å². The van der Waals surface area contributed by atoms with Gasteiger partial charge in [0, 0.05) is 30.7 Å². The second-order valence-electron chi connectivity index (χ2n) is 7.83. The minimum absolute atomic E-state index is 0.0192. The van der Waals surface area contributed by atoms with E-state index in [9.17, 15) is 36.7 Å². The lowest BCUT2D eigenvalue weighted by Crippen LogP contribution is -2.43. The summed E-state index contributed by atoms with van der Waals surface area (Å²) in [5.41, 5.74) is -4.95. The molecule has 0 spiro atoms. The Balaban J connectivity index is 1.82. The summed E-state index contributed by atoms with van der Waals surface area (Å²) >= 11 is 3.09. The number of halogens is 5. The third-order valence-corrected chi connectivity index (χ3v) is 6.18. The number of rotatable bonds is 5. The summed E-state index contributed by atoms with van der Waals surface area (Å²) in [6, 6.07) is 1.46. The van der Waals surface area contributed by atoms with Crippen LogP contribution in [0.25, 0.3) is 5.69 Å². The molecule has 1 N–H and O–H groups in total. The van der Waals surface area contributed by atoms with Gasteiger partial charge in [0.2, 0.25) is 0 Å². The predicted octanol–water partition coefficient (Wildman–Crippen LogP) is 2.64. The molecule has 0 saturated carbocycles. The van der Waals surface area contributed by atoms with Crippen LogP contribution >= 0.6 is 15.9 Å². The van der Waals surface area contributed by atoms with Crippen LogP contribution in [-0.4, -0.2) is 58.9 Å². The summed E-state index contributed by atoms with van der Waals surface area (Å²) in [6.07, 6.45) is -4.34. The Morgan fingerprint density at radius 2 is 1.81 bits per heavy atom. The van der Waals surface area contributed by atoms with Crippen LogP contribution in [-0.2, 0) is 27.5 Å². The average Bonchev–Trinajstić information content (AvgIpc) is 2.82. The lowest BCUT2D eigenvalue weighted by molar-refractivity contribution is -0.148. The van der Waals surface area contributed by atoms with Crippen molar-refractivity contribution >= 4 is 33.6 Å². The molecule has 3 rings (SSSR count). The number of carbonyl (C=O) groups excluding carboxylic acids is 2. The number of nitrogens with zero attached hydrogens (tertiary/aromatic N) is 3. The van der Waals surface area contributed by atoms with Gasteiger partial charge < -0.3 is 19.7 Å². The number of nitrogens with one attached hydrogen (secondary N) is 1. The number of piperidine rings is 1. The molecule has 2 aromatic rings. The highest BCUT2D eigenvalue weighted by molar-refractivity contribution is 9.10. The maximum atomic E-state index is 14.7. The lowest BCUT2D eigenvalue weighted by Gasteiger charge is -2.31. The topological polar surface area (TPSA) is 112 Å². The van der Waals surface area contributed by atoms with E-state index in [1.54, 1.807) is 0 Å². The third-order valence-electron chi connectivity index (χ3n) is 5.52. The number of hydrogen-bond acceptors (Lipinski definition) is 6. The Hall–Kier alpha value is -3.20. The third kappa shape index (κ3) is 5.95. The summed E-state index contributed by atoms with van der Waals surface area (Å²) in [7, 11) is 2.04. The van der Waals surface area contributed by atoms with Gasteiger partial charge in [0.05, 0.1) is 24.6 Å². The number of ether oxygens (including phenoxy) is 2. The first-order valence-electron chi connectivity index (χ1n) is 10.5. The van der Waals surface area contributed by atoms with Crippen LogP contribution in [0.4, 0.5) is 28.0 Å². The standard InChI is InChI=1S/C21H21BrF4N4O6/c1-28-16(21(24,25)26)9-17(31)30(20(28)34)15-8-14(12(22)7-13(15)23)27-19(33)29-5-3-11(4-6-29)36-10-18(32)35-2/h7-9,11H,3-6,10H2,1-2H3,(H,27,33). The van der Waals surface area contributed by atoms with E-state index < -0.39 is 46.6 Å². The van der Waals surface area contributed by atoms with Gasteiger partial charge in [-0.2, -0.15) is 13.2 Å². The van der Waals surface area contributed by atoms with E-state index in [0.717, 1.165) is 19.2 Å². The highest BCUT2D eigenvalue weighted by Gasteiger charge is 2.35. The lowest BCUT2D eigenvalue weighted by atomic mass is 10.1. The molecular weight excluding hydrogens is 560 g/mol. The molecule has 2 heterocycles. The van der Waals surface area contributed by atoms with Gasteiger partial charge in [-0.1, -0.05) is 0 Å². The van der Waals surface area contributed by atoms with Crippen molar-refractivity contribution in [2.75, 3.05) is 32.1 Å². The normalized spacial score (nSPS) is 14.6. The monoisotopic (exact) mass is 580 g/mol. The second-order valence-corrected chi connectivity index (χ2v) is 8.68. The number of carbonyl (C=O) groups is 2. The molecule has 0 atom stereocenters. The van der Waals surface area contributed by atoms with Gasteiger partial charge in [0.25, 0.3) is 5.56 Å². The van der Waals surface area contributed by atoms with E-state index in [4.69, 9.17) is 4.74 Å². The zero-order valence-corrected chi connectivity index (χ0v) is 20.6. The van der Waals surface area contributed by atoms with Crippen molar-refractivity contribution < 1.29 is 36.6 Å². The van der Waals surface area contributed by atoms with Crippen LogP contribution in [0.15, 0.2) is 32.3 Å². The van der Waals surface area contributed by atoms with Crippen molar-refractivity contribution in [1.82, 2.24) is 14.0 Å². The van der Waals surface area contributed by atoms with Crippen molar-refractivity contribution in [3.05, 3.63) is 55.0 Å². The first-order valence-corrected chi connectivity index (χ1v) is 11.3. The number of methoxy groups -OCH3 is 1. The summed E-state index contributed by atoms with van der Waals surface area (Å²) in [4.78, 5) is 50.3. The van der Waals surface area contributed by atoms with E-state index in [1.165, 1.54) is 12.0 Å². The SMILES string of the molecule is COC(=O)COC1CCN(C(=O)Nc2cc(-n3c(=O)cc(C(F)(F)F)n(C)c3=O)c(F)cc2Br)CC1. The summed E-state index contributed by atoms with van der Waals surface area (Å²) in [5, 5.41) is 2.53. The van der Waals surface area contributed by atoms with E-state index in [2.05, 4.69) is 26.0 Å². The molecule has 1 aromatic carbocycles. The smallest absolute Gasteiger partial charge is 0.431 e. The fraction of sp³-hybridized carbons (Fsp3) is 0.429. The summed E-state index contributed by atoms with van der Waals surface area (Å²) < 4.78 is 64.5. The molecule has 1 fully saturated rings. The van der Waals surface area contributed by atoms with E-state index in [0.29, 0.717) is 12.8 Å². The Labute approximate surface area is 209 Å². The highest BCUT2D eigenvalue weighted by Crippen LogP contribution is 2.29. The van der Waals surface area contributed by atoms with Gasteiger partial charge in [-0.05, 0) is 40.9 Å². The Morgan fingerprint density at radius 1 is 1.17 bits per heavy atom. The van der Waals surface area contributed by atoms with E-state index in [-0.39, 0.29) is 51.2 Å². The maximum absolute atomic E-state index is 14.7. The van der Waals surface area contributed by atoms with Gasteiger partial charge in [-0.25, -0.2) is 23.3 Å². The van der Waals surface area contributed by atoms with Crippen LogP contribution in [0.1, 0.15) is 18.5 Å². The van der Waals surface area contributed by atoms with Gasteiger partial charge in [0.1, 0.15) is 18.1 Å². The molecule has 0 bridgehead atoms. The predicted molar refractivity (Wildman–Crippen MR) is 122 cm³/mol. The van der Waals surface area contributed by atoms with Crippen molar-refractivity contribution in [3.63, 3.8) is 0 Å². The van der Waals surface area contributed by atoms with Crippen LogP contribution in [0.3, 0.4) is 0 Å². The number of urea groups is 1. The molecule has 1 aromatic heterocycles. The Kier molecular flexibility index (Phi) is 8.23. The molecule has 1 saturated heterocycles. The minimum atomic E-state index is -4.97. The number of benzene rings is 1. The number of aromatic nitrogens is 2. The Bertz CT molecular complexity index is 1280. The van der Waals surface area contributed by atoms with Gasteiger partial charge in [-0.15, -0.1) is 0 Å². The van der Waals surface area contributed by atoms with E-state index >= 15 is 0 Å². The number of hydrogen-bond donors (Lipinski definition) is 1. The number of amides is 2. The zero-order valence-electron chi connectivity index (χ0n) is 19.0. The molecule has 1 aliphatic rings. The van der Waals surface area contributed by atoms with Crippen LogP contribution in [0.5, 0.6) is 0 Å². The minimum Gasteiger partial charge on any atom is -0.467 e. The Morgan fingerprint density at radius 3 is 2.39 bits per heavy atom. The molecule has 0 unspecified atom stereocenters. The molecule has 15 heteroatoms. The molecule has 196 valence electrons. The zero-order chi connectivity index (χ0) is 26.8. The van der Waals surface area contributed by atoms with Crippen molar-refractivity contribution in [3.8, 4) is 5.69 Å². The van der Waals surface area contributed by atoms with Crippen LogP contribution in [0.2, 0.25) is 0 Å². The quantitative estimate of drug-likeness (QED) is 0.430. The highest BCUT2D eigenvalue weighted by atomic mass is 79.9. The number of likely N-dealkylation sites (tertiary alicyclic amines) is 1. The van der Waals surface area contributed by atoms with E-state index in [1.807, 2.05) is 0 Å². The largest absolute Gasteiger partial charge is 0.467 e. The first kappa shape index (κ1) is 27.4. The summed E-state index contributed by atoms with van der Waals surface area (Å²) in [5.74, 6) is -1.60. The van der Waals surface area contributed by atoms with Gasteiger partial charge in [-0.3, -0.25) is 9.36 Å². The molecule has 2 amide bonds. The molecule has 10 nitrogen and oxygen atoms in total. The fourth-order valence-electron chi connectivity index (χ4n) is 3.59. The average molecular weight is 581 g/mol. The van der Waals surface area contributed by atoms with Gasteiger partial charge in [0.15, 0.2) is 0 Å². The number of alkyl halides is 3.